The third-order valence-electron chi connectivity index (χ3n) is 2.84. The van der Waals surface area contributed by atoms with Crippen LogP contribution in [0.2, 0.25) is 0 Å². The van der Waals surface area contributed by atoms with Gasteiger partial charge in [0.2, 0.25) is 0 Å². The van der Waals surface area contributed by atoms with Crippen molar-refractivity contribution in [3.05, 3.63) is 0 Å². The van der Waals surface area contributed by atoms with Crippen LogP contribution < -0.4 is 0 Å². The number of carboxylic acid groups (broad SMARTS) is 1. The maximum Gasteiger partial charge on any atom is 0.303 e. The molecule has 1 N–H and O–H groups in total. The Kier molecular flexibility index (Phi) is 9.48. The van der Waals surface area contributed by atoms with Crippen LogP contribution in [0.1, 0.15) is 58.3 Å². The van der Waals surface area contributed by atoms with E-state index in [2.05, 4.69) is 0 Å². The minimum Gasteiger partial charge on any atom is -0.481 e. The third-order valence-corrected chi connectivity index (χ3v) is 3.95. The minimum absolute atomic E-state index is 0.0829. The zero-order valence-corrected chi connectivity index (χ0v) is 12.5. The highest BCUT2D eigenvalue weighted by atomic mass is 35.6. The molecule has 0 aromatic carbocycles. The lowest BCUT2D eigenvalue weighted by Gasteiger charge is -2.19. The number of rotatable bonds is 9. The van der Waals surface area contributed by atoms with E-state index in [1.165, 1.54) is 0 Å². The highest BCUT2D eigenvalue weighted by molar-refractivity contribution is 6.67. The van der Waals surface area contributed by atoms with Crippen molar-refractivity contribution in [3.8, 4) is 0 Å². The average Bonchev–Trinajstić information content (AvgIpc) is 2.19. The van der Waals surface area contributed by atoms with Gasteiger partial charge in [-0.25, -0.2) is 0 Å². The van der Waals surface area contributed by atoms with Gasteiger partial charge in [-0.1, -0.05) is 73.8 Å². The number of unbranched alkanes of at least 4 members (excludes halogenated alkanes) is 5. The van der Waals surface area contributed by atoms with E-state index in [1.54, 1.807) is 0 Å². The minimum atomic E-state index is -1.15. The molecule has 0 fully saturated rings. The lowest BCUT2D eigenvalue weighted by Crippen LogP contribution is -2.15. The van der Waals surface area contributed by atoms with Crippen LogP contribution in [0.15, 0.2) is 0 Å². The Morgan fingerprint density at radius 2 is 1.53 bits per heavy atom. The standard InChI is InChI=1S/C12H21Cl3O2/c1-10(12(13,14)15)8-6-4-2-3-5-7-9-11(16)17/h10H,2-9H2,1H3,(H,16,17). The molecule has 0 saturated heterocycles. The molecule has 1 atom stereocenters. The van der Waals surface area contributed by atoms with Crippen LogP contribution in [0, 0.1) is 5.92 Å². The molecule has 0 aromatic rings. The Bertz CT molecular complexity index is 214. The number of halogens is 3. The summed E-state index contributed by atoms with van der Waals surface area (Å²) in [6.07, 6.45) is 7.38. The molecule has 2 nitrogen and oxygen atoms in total. The van der Waals surface area contributed by atoms with E-state index < -0.39 is 9.76 Å². The first-order valence-electron chi connectivity index (χ1n) is 6.12. The number of hydrogen-bond donors (Lipinski definition) is 1. The van der Waals surface area contributed by atoms with E-state index in [1.807, 2.05) is 6.92 Å². The van der Waals surface area contributed by atoms with Gasteiger partial charge in [-0.15, -0.1) is 0 Å². The van der Waals surface area contributed by atoms with E-state index in [0.717, 1.165) is 44.9 Å². The van der Waals surface area contributed by atoms with Gasteiger partial charge in [0.05, 0.1) is 0 Å². The van der Waals surface area contributed by atoms with Crippen molar-refractivity contribution >= 4 is 40.8 Å². The normalized spacial score (nSPS) is 13.6. The van der Waals surface area contributed by atoms with Gasteiger partial charge in [0.15, 0.2) is 3.79 Å². The number of carbonyl (C=O) groups is 1. The summed E-state index contributed by atoms with van der Waals surface area (Å²) in [6.45, 7) is 1.94. The largest absolute Gasteiger partial charge is 0.481 e. The van der Waals surface area contributed by atoms with E-state index in [9.17, 15) is 4.79 Å². The SMILES string of the molecule is CC(CCCCCCCCC(=O)O)C(Cl)(Cl)Cl. The molecule has 0 aliphatic carbocycles. The summed E-state index contributed by atoms with van der Waals surface area (Å²) in [6, 6.07) is 0. The second-order valence-corrected chi connectivity index (χ2v) is 6.87. The fourth-order valence-corrected chi connectivity index (χ4v) is 1.92. The van der Waals surface area contributed by atoms with Crippen LogP contribution in [0.25, 0.3) is 0 Å². The summed E-state index contributed by atoms with van der Waals surface area (Å²) in [5.74, 6) is -0.624. The average molecular weight is 304 g/mol. The molecule has 102 valence electrons. The molecule has 0 saturated carbocycles. The molecule has 0 spiro atoms. The van der Waals surface area contributed by atoms with Crippen molar-refractivity contribution in [3.63, 3.8) is 0 Å². The number of hydrogen-bond acceptors (Lipinski definition) is 1. The topological polar surface area (TPSA) is 37.3 Å². The monoisotopic (exact) mass is 302 g/mol. The zero-order valence-electron chi connectivity index (χ0n) is 10.2. The fraction of sp³-hybridized carbons (Fsp3) is 0.917. The molecule has 5 heteroatoms. The summed E-state index contributed by atoms with van der Waals surface area (Å²) in [4.78, 5) is 10.3. The maximum absolute atomic E-state index is 10.3. The molecule has 0 rings (SSSR count). The maximum atomic E-state index is 10.3. The molecule has 0 amide bonds. The summed E-state index contributed by atoms with van der Waals surface area (Å²) in [5.41, 5.74) is 0. The predicted molar refractivity (Wildman–Crippen MR) is 74.0 cm³/mol. The van der Waals surface area contributed by atoms with Gasteiger partial charge in [0, 0.05) is 12.3 Å². The van der Waals surface area contributed by atoms with Crippen LogP contribution in [0.4, 0.5) is 0 Å². The van der Waals surface area contributed by atoms with Crippen LogP contribution in [-0.2, 0) is 4.79 Å². The molecule has 17 heavy (non-hydrogen) atoms. The molecule has 0 aliphatic heterocycles. The van der Waals surface area contributed by atoms with Gasteiger partial charge in [-0.05, 0) is 12.8 Å². The molecule has 0 radical (unpaired) electrons. The van der Waals surface area contributed by atoms with Gasteiger partial charge < -0.3 is 5.11 Å². The number of aliphatic carboxylic acids is 1. The van der Waals surface area contributed by atoms with Crippen molar-refractivity contribution in [2.75, 3.05) is 0 Å². The molecule has 1 unspecified atom stereocenters. The Balaban J connectivity index is 3.27. The van der Waals surface area contributed by atoms with Crippen LogP contribution in [-0.4, -0.2) is 14.9 Å². The molecule has 0 heterocycles. The molecule has 0 bridgehead atoms. The van der Waals surface area contributed by atoms with Gasteiger partial charge in [-0.2, -0.15) is 0 Å². The second-order valence-electron chi connectivity index (χ2n) is 4.50. The summed E-state index contributed by atoms with van der Waals surface area (Å²) in [5, 5.41) is 8.45. The fourth-order valence-electron chi connectivity index (χ4n) is 1.60. The van der Waals surface area contributed by atoms with Crippen LogP contribution in [0.3, 0.4) is 0 Å². The Morgan fingerprint density at radius 1 is 1.06 bits per heavy atom. The molecule has 0 aliphatic rings. The molecular weight excluding hydrogens is 282 g/mol. The van der Waals surface area contributed by atoms with Crippen molar-refractivity contribution in [1.29, 1.82) is 0 Å². The van der Waals surface area contributed by atoms with Crippen LogP contribution >= 0.6 is 34.8 Å². The smallest absolute Gasteiger partial charge is 0.303 e. The number of alkyl halides is 3. The Labute approximate surface area is 119 Å². The lowest BCUT2D eigenvalue weighted by atomic mass is 10.0. The summed E-state index contributed by atoms with van der Waals surface area (Å²) < 4.78 is -1.15. The highest BCUT2D eigenvalue weighted by Crippen LogP contribution is 2.37. The Hall–Kier alpha value is 0.340. The van der Waals surface area contributed by atoms with Crippen molar-refractivity contribution < 1.29 is 9.90 Å². The van der Waals surface area contributed by atoms with Gasteiger partial charge in [0.25, 0.3) is 0 Å². The van der Waals surface area contributed by atoms with Crippen molar-refractivity contribution in [2.45, 2.75) is 62.1 Å². The Morgan fingerprint density at radius 3 is 2.00 bits per heavy atom. The third kappa shape index (κ3) is 11.2. The van der Waals surface area contributed by atoms with E-state index in [4.69, 9.17) is 39.9 Å². The lowest BCUT2D eigenvalue weighted by molar-refractivity contribution is -0.137. The van der Waals surface area contributed by atoms with Gasteiger partial charge >= 0.3 is 5.97 Å². The van der Waals surface area contributed by atoms with E-state index >= 15 is 0 Å². The zero-order chi connectivity index (χ0) is 13.3. The quantitative estimate of drug-likeness (QED) is 0.469. The molecular formula is C12H21Cl3O2. The first kappa shape index (κ1) is 17.3. The summed E-state index contributed by atoms with van der Waals surface area (Å²) in [7, 11) is 0. The highest BCUT2D eigenvalue weighted by Gasteiger charge is 2.27. The predicted octanol–water partition coefficient (Wildman–Crippen LogP) is 5.20. The van der Waals surface area contributed by atoms with Crippen molar-refractivity contribution in [1.82, 2.24) is 0 Å². The van der Waals surface area contributed by atoms with Gasteiger partial charge in [-0.3, -0.25) is 4.79 Å². The second kappa shape index (κ2) is 9.29. The van der Waals surface area contributed by atoms with Crippen LogP contribution in [0.5, 0.6) is 0 Å². The number of carboxylic acids is 1. The van der Waals surface area contributed by atoms with E-state index in [-0.39, 0.29) is 12.3 Å². The molecule has 0 aromatic heterocycles. The first-order chi connectivity index (χ1) is 7.84. The summed E-state index contributed by atoms with van der Waals surface area (Å²) >= 11 is 17.3. The van der Waals surface area contributed by atoms with Crippen molar-refractivity contribution in [2.24, 2.45) is 5.92 Å². The van der Waals surface area contributed by atoms with E-state index in [0.29, 0.717) is 0 Å². The van der Waals surface area contributed by atoms with Gasteiger partial charge in [0.1, 0.15) is 0 Å². The first-order valence-corrected chi connectivity index (χ1v) is 7.26.